The molecule has 0 saturated heterocycles. The minimum absolute atomic E-state index is 0.0371. The molecule has 0 bridgehead atoms. The van der Waals surface area contributed by atoms with Crippen LogP contribution < -0.4 is 4.74 Å². The summed E-state index contributed by atoms with van der Waals surface area (Å²) in [5, 5.41) is 0. The molecule has 3 rings (SSSR count). The number of ether oxygens (including phenoxy) is 2. The van der Waals surface area contributed by atoms with Crippen molar-refractivity contribution in [1.82, 2.24) is 4.98 Å². The highest BCUT2D eigenvalue weighted by atomic mass is 79.9. The van der Waals surface area contributed by atoms with Gasteiger partial charge >= 0.3 is 5.97 Å². The second-order valence-corrected chi connectivity index (χ2v) is 8.28. The van der Waals surface area contributed by atoms with E-state index in [1.54, 1.807) is 6.20 Å². The summed E-state index contributed by atoms with van der Waals surface area (Å²) in [5.74, 6) is 1.04. The van der Waals surface area contributed by atoms with Crippen LogP contribution in [0, 0.1) is 11.8 Å². The summed E-state index contributed by atoms with van der Waals surface area (Å²) in [6.45, 7) is 4.80. The van der Waals surface area contributed by atoms with Crippen LogP contribution in [-0.4, -0.2) is 17.1 Å². The summed E-state index contributed by atoms with van der Waals surface area (Å²) in [6.07, 6.45) is 5.34. The Morgan fingerprint density at radius 2 is 2.04 bits per heavy atom. The highest BCUT2D eigenvalue weighted by Gasteiger charge is 2.37. The Hall–Kier alpha value is -1.88. The number of benzene rings is 1. The van der Waals surface area contributed by atoms with Gasteiger partial charge in [0.2, 0.25) is 5.88 Å². The summed E-state index contributed by atoms with van der Waals surface area (Å²) in [6, 6.07) is 12.1. The number of hydrogen-bond donors (Lipinski definition) is 0. The molecule has 5 heteroatoms. The van der Waals surface area contributed by atoms with E-state index in [9.17, 15) is 4.79 Å². The summed E-state index contributed by atoms with van der Waals surface area (Å²) in [7, 11) is 0. The normalized spacial score (nSPS) is 19.8. The zero-order chi connectivity index (χ0) is 19.2. The summed E-state index contributed by atoms with van der Waals surface area (Å²) in [4.78, 5) is 16.4. The monoisotopic (exact) mass is 431 g/mol. The van der Waals surface area contributed by atoms with Gasteiger partial charge in [-0.3, -0.25) is 4.79 Å². The maximum Gasteiger partial charge on any atom is 0.309 e. The molecular formula is C22H26BrNO3. The molecule has 1 aromatic heterocycles. The molecule has 0 unspecified atom stereocenters. The van der Waals surface area contributed by atoms with Crippen LogP contribution in [0.25, 0.3) is 0 Å². The minimum Gasteiger partial charge on any atom is -0.474 e. The lowest BCUT2D eigenvalue weighted by Gasteiger charge is -2.33. The van der Waals surface area contributed by atoms with Gasteiger partial charge < -0.3 is 9.47 Å². The molecule has 1 atom stereocenters. The van der Waals surface area contributed by atoms with Gasteiger partial charge in [-0.1, -0.05) is 44.5 Å². The fourth-order valence-electron chi connectivity index (χ4n) is 3.12. The van der Waals surface area contributed by atoms with Crippen LogP contribution in [0.1, 0.15) is 44.2 Å². The number of carbonyl (C=O) groups is 1. The van der Waals surface area contributed by atoms with Gasteiger partial charge in [-0.2, -0.15) is 0 Å². The molecular weight excluding hydrogens is 406 g/mol. The zero-order valence-corrected chi connectivity index (χ0v) is 17.4. The Morgan fingerprint density at radius 3 is 2.74 bits per heavy atom. The first-order valence-corrected chi connectivity index (χ1v) is 10.4. The van der Waals surface area contributed by atoms with Gasteiger partial charge in [0.15, 0.2) is 0 Å². The van der Waals surface area contributed by atoms with Gasteiger partial charge in [0.1, 0.15) is 12.7 Å². The number of aromatic nitrogens is 1. The van der Waals surface area contributed by atoms with Crippen LogP contribution in [0.5, 0.6) is 5.88 Å². The lowest BCUT2D eigenvalue weighted by Crippen LogP contribution is -2.39. The van der Waals surface area contributed by atoms with Gasteiger partial charge in [-0.05, 0) is 58.3 Å². The van der Waals surface area contributed by atoms with Crippen LogP contribution in [0.4, 0.5) is 0 Å². The predicted molar refractivity (Wildman–Crippen MR) is 108 cm³/mol. The maximum absolute atomic E-state index is 12.3. The molecule has 1 aliphatic carbocycles. The average Bonchev–Trinajstić information content (AvgIpc) is 2.64. The SMILES string of the molecule is CC[C@@H](C)Cc1cccc(COC(=O)C2CC(Oc3ccc(Br)cn3)C2)c1. The van der Waals surface area contributed by atoms with Crippen molar-refractivity contribution in [3.63, 3.8) is 0 Å². The van der Waals surface area contributed by atoms with Gasteiger partial charge in [0.25, 0.3) is 0 Å². The molecule has 0 amide bonds. The molecule has 1 saturated carbocycles. The van der Waals surface area contributed by atoms with Crippen molar-refractivity contribution in [2.75, 3.05) is 0 Å². The summed E-state index contributed by atoms with van der Waals surface area (Å²) in [5.41, 5.74) is 2.35. The lowest BCUT2D eigenvalue weighted by atomic mass is 9.82. The molecule has 1 aliphatic rings. The van der Waals surface area contributed by atoms with Crippen molar-refractivity contribution in [3.05, 3.63) is 58.2 Å². The smallest absolute Gasteiger partial charge is 0.309 e. The molecule has 1 fully saturated rings. The molecule has 4 nitrogen and oxygen atoms in total. The van der Waals surface area contributed by atoms with E-state index in [0.717, 1.165) is 16.5 Å². The molecule has 1 aromatic carbocycles. The Balaban J connectivity index is 1.41. The first-order chi connectivity index (χ1) is 13.0. The van der Waals surface area contributed by atoms with E-state index >= 15 is 0 Å². The van der Waals surface area contributed by atoms with Gasteiger partial charge in [0.05, 0.1) is 5.92 Å². The van der Waals surface area contributed by atoms with Crippen molar-refractivity contribution < 1.29 is 14.3 Å². The molecule has 0 radical (unpaired) electrons. The fraction of sp³-hybridized carbons (Fsp3) is 0.455. The molecule has 144 valence electrons. The Kier molecular flexibility index (Phi) is 6.89. The lowest BCUT2D eigenvalue weighted by molar-refractivity contribution is -0.156. The third-order valence-corrected chi connectivity index (χ3v) is 5.54. The molecule has 2 aromatic rings. The van der Waals surface area contributed by atoms with Crippen molar-refractivity contribution >= 4 is 21.9 Å². The molecule has 27 heavy (non-hydrogen) atoms. The minimum atomic E-state index is -0.133. The first kappa shape index (κ1) is 19.9. The van der Waals surface area contributed by atoms with Crippen LogP contribution >= 0.6 is 15.9 Å². The van der Waals surface area contributed by atoms with E-state index < -0.39 is 0 Å². The number of esters is 1. The average molecular weight is 432 g/mol. The fourth-order valence-corrected chi connectivity index (χ4v) is 3.36. The standard InChI is InChI=1S/C22H26BrNO3/c1-3-15(2)9-16-5-4-6-17(10-16)14-26-22(25)18-11-20(12-18)27-21-8-7-19(23)13-24-21/h4-8,10,13,15,18,20H,3,9,11-12,14H2,1-2H3/t15-,18?,20?/m1/s1. The highest BCUT2D eigenvalue weighted by molar-refractivity contribution is 9.10. The molecule has 0 spiro atoms. The first-order valence-electron chi connectivity index (χ1n) is 9.56. The van der Waals surface area contributed by atoms with E-state index in [0.29, 0.717) is 31.2 Å². The van der Waals surface area contributed by atoms with Crippen LogP contribution in [0.3, 0.4) is 0 Å². The van der Waals surface area contributed by atoms with Gasteiger partial charge in [0, 0.05) is 16.7 Å². The van der Waals surface area contributed by atoms with Gasteiger partial charge in [-0.15, -0.1) is 0 Å². The van der Waals surface area contributed by atoms with Crippen LogP contribution in [0.15, 0.2) is 47.1 Å². The van der Waals surface area contributed by atoms with Crippen LogP contribution in [0.2, 0.25) is 0 Å². The zero-order valence-electron chi connectivity index (χ0n) is 15.9. The second-order valence-electron chi connectivity index (χ2n) is 7.37. The van der Waals surface area contributed by atoms with E-state index in [1.807, 2.05) is 24.3 Å². The number of nitrogens with zero attached hydrogens (tertiary/aromatic N) is 1. The van der Waals surface area contributed by atoms with Crippen molar-refractivity contribution in [3.8, 4) is 5.88 Å². The second kappa shape index (κ2) is 9.36. The van der Waals surface area contributed by atoms with Crippen molar-refractivity contribution in [1.29, 1.82) is 0 Å². The van der Waals surface area contributed by atoms with E-state index in [2.05, 4.69) is 46.9 Å². The predicted octanol–water partition coefficient (Wildman–Crippen LogP) is 5.33. The van der Waals surface area contributed by atoms with E-state index in [1.165, 1.54) is 12.0 Å². The molecule has 0 aliphatic heterocycles. The third kappa shape index (κ3) is 5.80. The number of hydrogen-bond acceptors (Lipinski definition) is 4. The molecule has 0 N–H and O–H groups in total. The van der Waals surface area contributed by atoms with Gasteiger partial charge in [-0.25, -0.2) is 4.98 Å². The highest BCUT2D eigenvalue weighted by Crippen LogP contribution is 2.32. The van der Waals surface area contributed by atoms with Crippen molar-refractivity contribution in [2.24, 2.45) is 11.8 Å². The Labute approximate surface area is 169 Å². The molecule has 1 heterocycles. The number of halogens is 1. The number of pyridine rings is 1. The van der Waals surface area contributed by atoms with E-state index in [4.69, 9.17) is 9.47 Å². The van der Waals surface area contributed by atoms with E-state index in [-0.39, 0.29) is 18.0 Å². The summed E-state index contributed by atoms with van der Waals surface area (Å²) >= 11 is 3.35. The Morgan fingerprint density at radius 1 is 1.26 bits per heavy atom. The van der Waals surface area contributed by atoms with Crippen molar-refractivity contribution in [2.45, 2.75) is 52.2 Å². The van der Waals surface area contributed by atoms with Crippen LogP contribution in [-0.2, 0) is 22.6 Å². The Bertz CT molecular complexity index is 756. The largest absolute Gasteiger partial charge is 0.474 e. The maximum atomic E-state index is 12.3. The number of carbonyl (C=O) groups excluding carboxylic acids is 1. The quantitative estimate of drug-likeness (QED) is 0.529. The number of rotatable bonds is 8. The topological polar surface area (TPSA) is 48.4 Å². The summed E-state index contributed by atoms with van der Waals surface area (Å²) < 4.78 is 12.2. The third-order valence-electron chi connectivity index (χ3n) is 5.07.